The zero-order valence-electron chi connectivity index (χ0n) is 24.0. The SMILES string of the molecule is CS(=O)(=O)N1CCC(c2ccc(COc3ccccc3-c3cccc(N4N=CC(C(O)O)C4C(F)(F)C(F)(F)F)n3)cc2)CC1. The molecule has 3 heterocycles. The number of pyridine rings is 1. The summed E-state index contributed by atoms with van der Waals surface area (Å²) < 4.78 is 100. The normalized spacial score (nSPS) is 20.2. The molecular weight excluding hydrogens is 623 g/mol. The first-order chi connectivity index (χ1) is 21.2. The molecule has 0 radical (unpaired) electrons. The van der Waals surface area contributed by atoms with E-state index >= 15 is 0 Å². The fraction of sp³-hybridized carbons (Fsp3) is 0.400. The molecule has 15 heteroatoms. The largest absolute Gasteiger partial charge is 0.488 e. The van der Waals surface area contributed by atoms with E-state index in [9.17, 15) is 40.6 Å². The first-order valence-electron chi connectivity index (χ1n) is 14.0. The molecule has 1 fully saturated rings. The Bertz CT molecular complexity index is 1630. The Kier molecular flexibility index (Phi) is 9.18. The molecule has 0 saturated carbocycles. The quantitative estimate of drug-likeness (QED) is 0.253. The van der Waals surface area contributed by atoms with Crippen LogP contribution >= 0.6 is 0 Å². The molecule has 2 aliphatic rings. The summed E-state index contributed by atoms with van der Waals surface area (Å²) in [5.41, 5.74) is 2.59. The third-order valence-electron chi connectivity index (χ3n) is 7.99. The molecule has 242 valence electrons. The van der Waals surface area contributed by atoms with Gasteiger partial charge in [0, 0.05) is 24.9 Å². The number of hydrazone groups is 1. The number of para-hydroxylation sites is 1. The third kappa shape index (κ3) is 6.95. The van der Waals surface area contributed by atoms with Gasteiger partial charge in [-0.3, -0.25) is 0 Å². The minimum atomic E-state index is -5.98. The topological polar surface area (TPSA) is 116 Å². The molecule has 0 amide bonds. The molecule has 3 aromatic rings. The van der Waals surface area contributed by atoms with E-state index in [1.165, 1.54) is 28.8 Å². The Balaban J connectivity index is 1.32. The van der Waals surface area contributed by atoms with Crippen molar-refractivity contribution in [1.29, 1.82) is 0 Å². The first-order valence-corrected chi connectivity index (χ1v) is 15.9. The number of ether oxygens (including phenoxy) is 1. The summed E-state index contributed by atoms with van der Waals surface area (Å²) in [4.78, 5) is 4.29. The van der Waals surface area contributed by atoms with Gasteiger partial charge in [-0.05, 0) is 54.2 Å². The van der Waals surface area contributed by atoms with E-state index in [4.69, 9.17) is 4.74 Å². The third-order valence-corrected chi connectivity index (χ3v) is 9.29. The molecule has 2 aromatic carbocycles. The average Bonchev–Trinajstić information content (AvgIpc) is 3.46. The van der Waals surface area contributed by atoms with Crippen molar-refractivity contribution < 1.29 is 45.3 Å². The summed E-state index contributed by atoms with van der Waals surface area (Å²) in [5.74, 6) is -7.11. The van der Waals surface area contributed by atoms with Crippen molar-refractivity contribution in [1.82, 2.24) is 9.29 Å². The highest BCUT2D eigenvalue weighted by atomic mass is 32.2. The molecule has 2 N–H and O–H groups in total. The van der Waals surface area contributed by atoms with Crippen LogP contribution in [0.25, 0.3) is 11.3 Å². The van der Waals surface area contributed by atoms with Crippen LogP contribution in [0.15, 0.2) is 71.8 Å². The van der Waals surface area contributed by atoms with Crippen LogP contribution in [0.1, 0.15) is 29.9 Å². The van der Waals surface area contributed by atoms with Crippen LogP contribution in [0.5, 0.6) is 5.75 Å². The number of halogens is 5. The number of aromatic nitrogens is 1. The zero-order chi connectivity index (χ0) is 32.6. The van der Waals surface area contributed by atoms with Gasteiger partial charge in [0.2, 0.25) is 10.0 Å². The van der Waals surface area contributed by atoms with Gasteiger partial charge < -0.3 is 14.9 Å². The zero-order valence-corrected chi connectivity index (χ0v) is 24.8. The lowest BCUT2D eigenvalue weighted by molar-refractivity contribution is -0.295. The van der Waals surface area contributed by atoms with E-state index in [1.54, 1.807) is 24.3 Å². The van der Waals surface area contributed by atoms with E-state index in [0.717, 1.165) is 24.0 Å². The Morgan fingerprint density at radius 1 is 0.956 bits per heavy atom. The fourth-order valence-electron chi connectivity index (χ4n) is 5.54. The maximum Gasteiger partial charge on any atom is 0.455 e. The van der Waals surface area contributed by atoms with Gasteiger partial charge in [0.1, 0.15) is 24.2 Å². The molecule has 9 nitrogen and oxygen atoms in total. The molecular formula is C30H31F5N4O5S. The molecule has 2 atom stereocenters. The van der Waals surface area contributed by atoms with E-state index in [-0.39, 0.29) is 24.0 Å². The van der Waals surface area contributed by atoms with Gasteiger partial charge in [0.25, 0.3) is 0 Å². The summed E-state index contributed by atoms with van der Waals surface area (Å²) >= 11 is 0. The summed E-state index contributed by atoms with van der Waals surface area (Å²) in [7, 11) is -3.21. The minimum absolute atomic E-state index is 0.163. The number of hydrogen-bond donors (Lipinski definition) is 2. The predicted octanol–water partition coefficient (Wildman–Crippen LogP) is 4.77. The van der Waals surface area contributed by atoms with Gasteiger partial charge in [0.15, 0.2) is 6.29 Å². The van der Waals surface area contributed by atoms with Crippen LogP contribution in [0.2, 0.25) is 0 Å². The number of aliphatic hydroxyl groups excluding tert-OH is 1. The second kappa shape index (κ2) is 12.6. The molecule has 45 heavy (non-hydrogen) atoms. The van der Waals surface area contributed by atoms with E-state index < -0.39 is 40.4 Å². The molecule has 2 unspecified atom stereocenters. The van der Waals surface area contributed by atoms with Crippen LogP contribution < -0.4 is 9.75 Å². The van der Waals surface area contributed by atoms with Crippen LogP contribution in [0.4, 0.5) is 27.8 Å². The van der Waals surface area contributed by atoms with Crippen molar-refractivity contribution in [3.05, 3.63) is 77.9 Å². The smallest absolute Gasteiger partial charge is 0.455 e. The molecule has 5 rings (SSSR count). The number of hydrogen-bond acceptors (Lipinski definition) is 8. The lowest BCUT2D eigenvalue weighted by atomic mass is 9.90. The summed E-state index contributed by atoms with van der Waals surface area (Å²) in [6.45, 7) is 1.11. The van der Waals surface area contributed by atoms with Gasteiger partial charge in [-0.1, -0.05) is 42.5 Å². The highest BCUT2D eigenvalue weighted by molar-refractivity contribution is 7.88. The van der Waals surface area contributed by atoms with E-state index in [0.29, 0.717) is 35.6 Å². The maximum absolute atomic E-state index is 14.6. The van der Waals surface area contributed by atoms with E-state index in [1.807, 2.05) is 24.3 Å². The molecule has 1 aromatic heterocycles. The highest BCUT2D eigenvalue weighted by Crippen LogP contribution is 2.46. The van der Waals surface area contributed by atoms with E-state index in [2.05, 4.69) is 10.1 Å². The lowest BCUT2D eigenvalue weighted by Gasteiger charge is -2.34. The Labute approximate surface area is 256 Å². The van der Waals surface area contributed by atoms with Gasteiger partial charge in [-0.15, -0.1) is 0 Å². The first kappa shape index (κ1) is 32.7. The number of rotatable bonds is 9. The van der Waals surface area contributed by atoms with Crippen molar-refractivity contribution in [3.63, 3.8) is 0 Å². The predicted molar refractivity (Wildman–Crippen MR) is 156 cm³/mol. The van der Waals surface area contributed by atoms with Crippen molar-refractivity contribution in [2.75, 3.05) is 24.4 Å². The number of benzene rings is 2. The standard InChI is InChI=1S/C30H31F5N4O5S/c1-45(42,43)38-15-13-21(14-16-38)20-11-9-19(10-12-20)18-44-25-7-3-2-5-22(25)24-6-4-8-26(37-24)39-27(23(17-36-39)28(40)41)29(31,32)30(33,34)35/h2-12,17,21,23,27-28,40-41H,13-16,18H2,1H3. The number of alkyl halides is 5. The number of sulfonamides is 1. The van der Waals surface area contributed by atoms with Crippen molar-refractivity contribution in [2.24, 2.45) is 11.0 Å². The van der Waals surface area contributed by atoms with Gasteiger partial charge >= 0.3 is 12.1 Å². The number of nitrogens with zero attached hydrogens (tertiary/aromatic N) is 4. The second-order valence-corrected chi connectivity index (χ2v) is 13.0. The van der Waals surface area contributed by atoms with Crippen LogP contribution in [-0.2, 0) is 16.6 Å². The van der Waals surface area contributed by atoms with Crippen LogP contribution in [0.3, 0.4) is 0 Å². The molecule has 0 bridgehead atoms. The monoisotopic (exact) mass is 654 g/mol. The Morgan fingerprint density at radius 2 is 1.62 bits per heavy atom. The Morgan fingerprint density at radius 3 is 2.24 bits per heavy atom. The number of anilines is 1. The highest BCUT2D eigenvalue weighted by Gasteiger charge is 2.68. The van der Waals surface area contributed by atoms with Gasteiger partial charge in [-0.25, -0.2) is 22.7 Å². The molecule has 1 saturated heterocycles. The van der Waals surface area contributed by atoms with Crippen molar-refractivity contribution in [2.45, 2.75) is 49.8 Å². The average molecular weight is 655 g/mol. The van der Waals surface area contributed by atoms with Crippen molar-refractivity contribution >= 4 is 22.1 Å². The summed E-state index contributed by atoms with van der Waals surface area (Å²) in [6.07, 6.45) is -5.20. The molecule has 2 aliphatic heterocycles. The molecule has 0 aliphatic carbocycles. The number of aliphatic hydroxyl groups is 2. The van der Waals surface area contributed by atoms with Crippen LogP contribution in [-0.4, -0.2) is 77.9 Å². The van der Waals surface area contributed by atoms with Crippen LogP contribution in [0, 0.1) is 5.92 Å². The fourth-order valence-corrected chi connectivity index (χ4v) is 6.42. The summed E-state index contributed by atoms with van der Waals surface area (Å²) in [5, 5.41) is 23.1. The number of piperidine rings is 1. The lowest BCUT2D eigenvalue weighted by Crippen LogP contribution is -2.57. The Hall–Kier alpha value is -3.66. The van der Waals surface area contributed by atoms with Gasteiger partial charge in [-0.2, -0.15) is 27.1 Å². The van der Waals surface area contributed by atoms with Gasteiger partial charge in [0.05, 0.1) is 17.9 Å². The van der Waals surface area contributed by atoms with Crippen molar-refractivity contribution in [3.8, 4) is 17.0 Å². The summed E-state index contributed by atoms with van der Waals surface area (Å²) in [6, 6.07) is 15.9. The molecule has 0 spiro atoms. The minimum Gasteiger partial charge on any atom is -0.488 e. The second-order valence-electron chi connectivity index (χ2n) is 11.0. The maximum atomic E-state index is 14.6.